The smallest absolute Gasteiger partial charge is 0.252 e. The Morgan fingerprint density at radius 2 is 2.06 bits per heavy atom. The van der Waals surface area contributed by atoms with E-state index in [1.54, 1.807) is 12.1 Å². The molecule has 4 rings (SSSR count). The molecule has 1 aliphatic rings. The molecule has 0 unspecified atom stereocenters. The van der Waals surface area contributed by atoms with Crippen molar-refractivity contribution in [3.63, 3.8) is 0 Å². The molecule has 0 saturated carbocycles. The van der Waals surface area contributed by atoms with Gasteiger partial charge in [-0.2, -0.15) is 0 Å². The summed E-state index contributed by atoms with van der Waals surface area (Å²) in [5, 5.41) is 3.86. The predicted molar refractivity (Wildman–Crippen MR) is 125 cm³/mol. The second kappa shape index (κ2) is 8.40. The number of ether oxygens (including phenoxy) is 1. The van der Waals surface area contributed by atoms with Crippen molar-refractivity contribution >= 4 is 38.0 Å². The van der Waals surface area contributed by atoms with Crippen LogP contribution in [0.4, 0.5) is 11.4 Å². The number of benzene rings is 2. The van der Waals surface area contributed by atoms with E-state index in [0.29, 0.717) is 35.3 Å². The van der Waals surface area contributed by atoms with E-state index in [0.717, 1.165) is 23.4 Å². The summed E-state index contributed by atoms with van der Waals surface area (Å²) in [6, 6.07) is 8.86. The number of amides is 1. The standard InChI is InChI=1S/C23H26N4O4S/c1-14-11-15(32(29,30)10-8-27(2)3)12-17-21(14)25-13-18(23(24)28)22(17)26-19-5-4-6-20-16(19)7-9-31-20/h4-6,11-13H,7-10H2,1-3H3,(H2,24,28)(H,25,26). The minimum Gasteiger partial charge on any atom is -0.493 e. The first-order valence-electron chi connectivity index (χ1n) is 10.3. The number of carbonyl (C=O) groups is 1. The zero-order valence-electron chi connectivity index (χ0n) is 18.3. The molecule has 9 heteroatoms. The van der Waals surface area contributed by atoms with Crippen molar-refractivity contribution in [2.75, 3.05) is 38.3 Å². The van der Waals surface area contributed by atoms with Crippen molar-refractivity contribution in [1.29, 1.82) is 0 Å². The summed E-state index contributed by atoms with van der Waals surface area (Å²) in [7, 11) is 0.120. The summed E-state index contributed by atoms with van der Waals surface area (Å²) in [5.74, 6) is 0.126. The molecule has 1 amide bonds. The van der Waals surface area contributed by atoms with Gasteiger partial charge in [-0.25, -0.2) is 8.42 Å². The van der Waals surface area contributed by atoms with Crippen LogP contribution >= 0.6 is 0 Å². The maximum Gasteiger partial charge on any atom is 0.252 e. The fourth-order valence-electron chi connectivity index (χ4n) is 3.84. The van der Waals surface area contributed by atoms with Crippen LogP contribution in [-0.2, 0) is 16.3 Å². The van der Waals surface area contributed by atoms with Gasteiger partial charge in [0, 0.05) is 35.8 Å². The summed E-state index contributed by atoms with van der Waals surface area (Å²) in [4.78, 5) is 18.6. The number of fused-ring (bicyclic) bond motifs is 2. The number of nitrogens with one attached hydrogen (secondary N) is 1. The van der Waals surface area contributed by atoms with E-state index in [-0.39, 0.29) is 16.2 Å². The highest BCUT2D eigenvalue weighted by Gasteiger charge is 2.22. The zero-order valence-corrected chi connectivity index (χ0v) is 19.1. The van der Waals surface area contributed by atoms with Gasteiger partial charge in [0.05, 0.1) is 34.0 Å². The van der Waals surface area contributed by atoms with Gasteiger partial charge in [0.1, 0.15) is 5.75 Å². The molecule has 3 N–H and O–H groups in total. The average molecular weight is 455 g/mol. The Labute approximate surface area is 187 Å². The summed E-state index contributed by atoms with van der Waals surface area (Å²) < 4.78 is 31.6. The van der Waals surface area contributed by atoms with E-state index in [9.17, 15) is 13.2 Å². The number of hydrogen-bond acceptors (Lipinski definition) is 7. The number of hydrogen-bond donors (Lipinski definition) is 2. The van der Waals surface area contributed by atoms with Crippen molar-refractivity contribution in [3.8, 4) is 5.75 Å². The lowest BCUT2D eigenvalue weighted by Gasteiger charge is -2.17. The van der Waals surface area contributed by atoms with Gasteiger partial charge in [0.15, 0.2) is 9.84 Å². The summed E-state index contributed by atoms with van der Waals surface area (Å²) in [6.07, 6.45) is 2.16. The highest BCUT2D eigenvalue weighted by atomic mass is 32.2. The average Bonchev–Trinajstić information content (AvgIpc) is 3.22. The molecular formula is C23H26N4O4S. The second-order valence-corrected chi connectivity index (χ2v) is 10.3. The Morgan fingerprint density at radius 3 is 2.78 bits per heavy atom. The Kier molecular flexibility index (Phi) is 5.79. The van der Waals surface area contributed by atoms with Crippen LogP contribution in [0.25, 0.3) is 10.9 Å². The molecule has 0 fully saturated rings. The maximum atomic E-state index is 13.0. The molecule has 0 radical (unpaired) electrons. The number of nitrogens with two attached hydrogens (primary N) is 1. The van der Waals surface area contributed by atoms with Gasteiger partial charge in [-0.1, -0.05) is 6.07 Å². The summed E-state index contributed by atoms with van der Waals surface area (Å²) in [6.45, 7) is 2.80. The maximum absolute atomic E-state index is 13.0. The number of primary amides is 1. The van der Waals surface area contributed by atoms with Crippen LogP contribution in [0.2, 0.25) is 0 Å². The van der Waals surface area contributed by atoms with Gasteiger partial charge in [0.25, 0.3) is 5.91 Å². The number of carbonyl (C=O) groups excluding carboxylic acids is 1. The fraction of sp³-hybridized carbons (Fsp3) is 0.304. The highest BCUT2D eigenvalue weighted by molar-refractivity contribution is 7.91. The number of rotatable bonds is 7. The van der Waals surface area contributed by atoms with Crippen LogP contribution in [0.5, 0.6) is 5.75 Å². The van der Waals surface area contributed by atoms with Gasteiger partial charge >= 0.3 is 0 Å². The number of sulfone groups is 1. The molecule has 1 aliphatic heterocycles. The lowest BCUT2D eigenvalue weighted by molar-refractivity contribution is 0.100. The van der Waals surface area contributed by atoms with E-state index in [1.807, 2.05) is 44.1 Å². The van der Waals surface area contributed by atoms with Crippen LogP contribution in [-0.4, -0.2) is 57.2 Å². The van der Waals surface area contributed by atoms with E-state index in [4.69, 9.17) is 10.5 Å². The number of nitrogens with zero attached hydrogens (tertiary/aromatic N) is 2. The van der Waals surface area contributed by atoms with E-state index in [2.05, 4.69) is 10.3 Å². The lowest BCUT2D eigenvalue weighted by atomic mass is 10.0. The van der Waals surface area contributed by atoms with E-state index in [1.165, 1.54) is 6.20 Å². The zero-order chi connectivity index (χ0) is 23.0. The van der Waals surface area contributed by atoms with Crippen molar-refractivity contribution in [3.05, 3.63) is 53.2 Å². The monoisotopic (exact) mass is 454 g/mol. The van der Waals surface area contributed by atoms with Gasteiger partial charge in [0.2, 0.25) is 0 Å². The van der Waals surface area contributed by atoms with Crippen LogP contribution in [0.15, 0.2) is 41.4 Å². The number of anilines is 2. The summed E-state index contributed by atoms with van der Waals surface area (Å²) in [5.41, 5.74) is 9.37. The molecule has 0 atom stereocenters. The number of aromatic nitrogens is 1. The van der Waals surface area contributed by atoms with Crippen molar-refractivity contribution < 1.29 is 17.9 Å². The van der Waals surface area contributed by atoms with Gasteiger partial charge in [-0.15, -0.1) is 0 Å². The summed E-state index contributed by atoms with van der Waals surface area (Å²) >= 11 is 0. The molecule has 0 saturated heterocycles. The Morgan fingerprint density at radius 1 is 1.28 bits per heavy atom. The predicted octanol–water partition coefficient (Wildman–Crippen LogP) is 2.66. The highest BCUT2D eigenvalue weighted by Crippen LogP contribution is 2.37. The Bertz CT molecular complexity index is 1320. The fourth-order valence-corrected chi connectivity index (χ4v) is 5.34. The molecule has 32 heavy (non-hydrogen) atoms. The number of aryl methyl sites for hydroxylation is 1. The van der Waals surface area contributed by atoms with Crippen molar-refractivity contribution in [1.82, 2.24) is 9.88 Å². The van der Waals surface area contributed by atoms with E-state index < -0.39 is 15.7 Å². The Balaban J connectivity index is 1.90. The van der Waals surface area contributed by atoms with Crippen LogP contribution in [0.1, 0.15) is 21.5 Å². The molecular weight excluding hydrogens is 428 g/mol. The molecule has 8 nitrogen and oxygen atoms in total. The molecule has 3 aromatic rings. The van der Waals surface area contributed by atoms with Crippen molar-refractivity contribution in [2.24, 2.45) is 5.73 Å². The number of pyridine rings is 1. The molecule has 2 heterocycles. The molecule has 168 valence electrons. The minimum atomic E-state index is -3.53. The van der Waals surface area contributed by atoms with E-state index >= 15 is 0 Å². The molecule has 1 aromatic heterocycles. The topological polar surface area (TPSA) is 115 Å². The van der Waals surface area contributed by atoms with Gasteiger partial charge in [-0.05, 0) is 50.8 Å². The van der Waals surface area contributed by atoms with Crippen LogP contribution in [0, 0.1) is 6.92 Å². The first-order valence-corrected chi connectivity index (χ1v) is 11.9. The Hall–Kier alpha value is -3.17. The molecule has 0 aliphatic carbocycles. The van der Waals surface area contributed by atoms with Crippen LogP contribution < -0.4 is 15.8 Å². The lowest BCUT2D eigenvalue weighted by Crippen LogP contribution is -2.22. The molecule has 0 spiro atoms. The third-order valence-corrected chi connectivity index (χ3v) is 7.24. The van der Waals surface area contributed by atoms with Crippen molar-refractivity contribution in [2.45, 2.75) is 18.2 Å². The SMILES string of the molecule is Cc1cc(S(=O)(=O)CCN(C)C)cc2c(Nc3cccc4c3CCO4)c(C(N)=O)cnc12. The third kappa shape index (κ3) is 4.13. The first-order chi connectivity index (χ1) is 15.2. The van der Waals surface area contributed by atoms with Gasteiger partial charge in [-0.3, -0.25) is 9.78 Å². The molecule has 0 bridgehead atoms. The largest absolute Gasteiger partial charge is 0.493 e. The quantitative estimate of drug-likeness (QED) is 0.564. The molecule has 2 aromatic carbocycles. The minimum absolute atomic E-state index is 0.0137. The second-order valence-electron chi connectivity index (χ2n) is 8.18. The normalized spacial score (nSPS) is 13.2. The first kappa shape index (κ1) is 22.0. The van der Waals surface area contributed by atoms with Gasteiger partial charge < -0.3 is 20.7 Å². The van der Waals surface area contributed by atoms with Crippen LogP contribution in [0.3, 0.4) is 0 Å². The third-order valence-electron chi connectivity index (χ3n) is 5.57.